The van der Waals surface area contributed by atoms with Crippen molar-refractivity contribution in [3.8, 4) is 11.6 Å². The highest BCUT2D eigenvalue weighted by Crippen LogP contribution is 2.33. The van der Waals surface area contributed by atoms with Crippen molar-refractivity contribution in [1.82, 2.24) is 10.3 Å². The number of hydrogen-bond donors (Lipinski definition) is 1. The van der Waals surface area contributed by atoms with Crippen LogP contribution >= 0.6 is 0 Å². The molecule has 1 atom stereocenters. The third-order valence-electron chi connectivity index (χ3n) is 4.36. The van der Waals surface area contributed by atoms with Gasteiger partial charge in [0.2, 0.25) is 5.88 Å². The zero-order chi connectivity index (χ0) is 19.5. The van der Waals surface area contributed by atoms with Gasteiger partial charge in [0, 0.05) is 24.9 Å². The number of alkyl halides is 3. The normalized spacial score (nSPS) is 19.7. The maximum atomic E-state index is 12.8. The van der Waals surface area contributed by atoms with Crippen LogP contribution in [0.2, 0.25) is 0 Å². The van der Waals surface area contributed by atoms with E-state index in [4.69, 9.17) is 9.47 Å². The number of hydrogen-bond acceptors (Lipinski definition) is 4. The van der Waals surface area contributed by atoms with Crippen molar-refractivity contribution < 1.29 is 27.4 Å². The lowest BCUT2D eigenvalue weighted by Crippen LogP contribution is -2.43. The second-order valence-electron chi connectivity index (χ2n) is 6.46. The molecule has 3 rings (SSSR count). The van der Waals surface area contributed by atoms with Gasteiger partial charge < -0.3 is 14.8 Å². The number of pyridine rings is 1. The van der Waals surface area contributed by atoms with Crippen LogP contribution in [0.5, 0.6) is 11.6 Å². The summed E-state index contributed by atoms with van der Waals surface area (Å²) in [6.45, 7) is 2.40. The minimum absolute atomic E-state index is 0.0159. The van der Waals surface area contributed by atoms with Gasteiger partial charge in [0.15, 0.2) is 0 Å². The van der Waals surface area contributed by atoms with Crippen LogP contribution in [0.3, 0.4) is 0 Å². The second-order valence-corrected chi connectivity index (χ2v) is 6.46. The van der Waals surface area contributed by atoms with Gasteiger partial charge in [-0.1, -0.05) is 12.1 Å². The van der Waals surface area contributed by atoms with Gasteiger partial charge in [0.25, 0.3) is 5.91 Å². The van der Waals surface area contributed by atoms with Crippen LogP contribution in [0.1, 0.15) is 30.9 Å². The fourth-order valence-electron chi connectivity index (χ4n) is 2.82. The molecule has 0 spiro atoms. The Morgan fingerprint density at radius 3 is 2.85 bits per heavy atom. The molecule has 144 valence electrons. The third kappa shape index (κ3) is 4.57. The fraction of sp³-hybridized carbons (Fsp3) is 0.368. The number of aromatic nitrogens is 1. The Hall–Kier alpha value is -2.61. The highest BCUT2D eigenvalue weighted by atomic mass is 19.4. The first-order valence-electron chi connectivity index (χ1n) is 8.49. The van der Waals surface area contributed by atoms with Crippen LogP contribution in [-0.4, -0.2) is 23.1 Å². The lowest BCUT2D eigenvalue weighted by Gasteiger charge is -2.22. The van der Waals surface area contributed by atoms with E-state index < -0.39 is 17.3 Å². The molecule has 27 heavy (non-hydrogen) atoms. The van der Waals surface area contributed by atoms with Gasteiger partial charge in [-0.05, 0) is 44.0 Å². The number of amides is 1. The van der Waals surface area contributed by atoms with Crippen molar-refractivity contribution in [2.75, 3.05) is 6.61 Å². The summed E-state index contributed by atoms with van der Waals surface area (Å²) in [7, 11) is 0. The monoisotopic (exact) mass is 380 g/mol. The zero-order valence-electron chi connectivity index (χ0n) is 14.7. The average molecular weight is 380 g/mol. The third-order valence-corrected chi connectivity index (χ3v) is 4.36. The van der Waals surface area contributed by atoms with E-state index >= 15 is 0 Å². The number of nitrogens with one attached hydrogen (secondary N) is 1. The molecule has 0 saturated carbocycles. The summed E-state index contributed by atoms with van der Waals surface area (Å²) in [5.74, 6) is -0.0920. The molecule has 1 amide bonds. The molecule has 0 aliphatic carbocycles. The van der Waals surface area contributed by atoms with Gasteiger partial charge in [-0.25, -0.2) is 4.98 Å². The molecule has 1 aliphatic heterocycles. The van der Waals surface area contributed by atoms with Crippen molar-refractivity contribution in [1.29, 1.82) is 0 Å². The molecule has 5 nitrogen and oxygen atoms in total. The summed E-state index contributed by atoms with van der Waals surface area (Å²) in [5, 5.41) is 2.78. The number of carbonyl (C=O) groups is 1. The molecule has 0 radical (unpaired) electrons. The van der Waals surface area contributed by atoms with Gasteiger partial charge >= 0.3 is 6.18 Å². The quantitative estimate of drug-likeness (QED) is 0.849. The van der Waals surface area contributed by atoms with E-state index in [0.717, 1.165) is 18.6 Å². The molecule has 0 bridgehead atoms. The van der Waals surface area contributed by atoms with Crippen molar-refractivity contribution in [3.05, 3.63) is 53.7 Å². The van der Waals surface area contributed by atoms with Crippen LogP contribution in [0.15, 0.2) is 42.6 Å². The van der Waals surface area contributed by atoms with Crippen molar-refractivity contribution in [2.45, 2.75) is 38.1 Å². The Kier molecular flexibility index (Phi) is 5.36. The van der Waals surface area contributed by atoms with E-state index in [1.54, 1.807) is 19.1 Å². The van der Waals surface area contributed by atoms with Gasteiger partial charge in [-0.3, -0.25) is 4.79 Å². The Balaban J connectivity index is 1.72. The first kappa shape index (κ1) is 19.2. The predicted molar refractivity (Wildman–Crippen MR) is 91.2 cm³/mol. The molecular weight excluding hydrogens is 361 g/mol. The van der Waals surface area contributed by atoms with Crippen molar-refractivity contribution in [2.24, 2.45) is 0 Å². The SMILES string of the molecule is CC1(C(=O)NCc2cccnc2Oc2cccc(C(F)(F)F)c2)CCCO1. The van der Waals surface area contributed by atoms with Gasteiger partial charge in [0.1, 0.15) is 11.4 Å². The number of nitrogens with zero attached hydrogens (tertiary/aromatic N) is 1. The molecule has 1 N–H and O–H groups in total. The molecule has 1 saturated heterocycles. The highest BCUT2D eigenvalue weighted by molar-refractivity contribution is 5.85. The molecular formula is C19H19F3N2O3. The number of halogens is 3. The Morgan fingerprint density at radius 1 is 1.33 bits per heavy atom. The van der Waals surface area contributed by atoms with Crippen molar-refractivity contribution >= 4 is 5.91 Å². The summed E-state index contributed by atoms with van der Waals surface area (Å²) in [6, 6.07) is 7.90. The summed E-state index contributed by atoms with van der Waals surface area (Å²) < 4.78 is 49.6. The average Bonchev–Trinajstić information content (AvgIpc) is 3.08. The summed E-state index contributed by atoms with van der Waals surface area (Å²) in [5.41, 5.74) is -1.12. The van der Waals surface area contributed by atoms with Gasteiger partial charge in [-0.15, -0.1) is 0 Å². The number of rotatable bonds is 5. The summed E-state index contributed by atoms with van der Waals surface area (Å²) in [6.07, 6.45) is -1.53. The van der Waals surface area contributed by atoms with Crippen LogP contribution in [0.25, 0.3) is 0 Å². The van der Waals surface area contributed by atoms with E-state index in [0.29, 0.717) is 18.6 Å². The number of ether oxygens (including phenoxy) is 2. The van der Waals surface area contributed by atoms with E-state index in [-0.39, 0.29) is 24.1 Å². The van der Waals surface area contributed by atoms with E-state index in [9.17, 15) is 18.0 Å². The van der Waals surface area contributed by atoms with Crippen LogP contribution in [0.4, 0.5) is 13.2 Å². The highest BCUT2D eigenvalue weighted by Gasteiger charge is 2.37. The van der Waals surface area contributed by atoms with Crippen LogP contribution < -0.4 is 10.1 Å². The minimum atomic E-state index is -4.46. The van der Waals surface area contributed by atoms with E-state index in [1.165, 1.54) is 18.3 Å². The van der Waals surface area contributed by atoms with Crippen molar-refractivity contribution in [3.63, 3.8) is 0 Å². The second kappa shape index (κ2) is 7.56. The zero-order valence-corrected chi connectivity index (χ0v) is 14.7. The van der Waals surface area contributed by atoms with E-state index in [2.05, 4.69) is 10.3 Å². The van der Waals surface area contributed by atoms with Crippen LogP contribution in [0, 0.1) is 0 Å². The Bertz CT molecular complexity index is 818. The predicted octanol–water partition coefficient (Wildman–Crippen LogP) is 4.08. The lowest BCUT2D eigenvalue weighted by atomic mass is 10.0. The Morgan fingerprint density at radius 2 is 2.15 bits per heavy atom. The topological polar surface area (TPSA) is 60.5 Å². The largest absolute Gasteiger partial charge is 0.439 e. The number of carbonyl (C=O) groups excluding carboxylic acids is 1. The van der Waals surface area contributed by atoms with E-state index in [1.807, 2.05) is 0 Å². The minimum Gasteiger partial charge on any atom is -0.439 e. The molecule has 2 heterocycles. The number of benzene rings is 1. The molecule has 2 aromatic rings. The first-order valence-corrected chi connectivity index (χ1v) is 8.49. The standard InChI is InChI=1S/C19H19F3N2O3/c1-18(8-4-10-26-18)17(25)24-12-13-5-3-9-23-16(13)27-15-7-2-6-14(11-15)19(20,21)22/h2-3,5-7,9,11H,4,8,10,12H2,1H3,(H,24,25). The maximum Gasteiger partial charge on any atom is 0.416 e. The van der Waals surface area contributed by atoms with Gasteiger partial charge in [-0.2, -0.15) is 13.2 Å². The molecule has 1 unspecified atom stereocenters. The summed E-state index contributed by atoms with van der Waals surface area (Å²) >= 11 is 0. The summed E-state index contributed by atoms with van der Waals surface area (Å²) in [4.78, 5) is 16.4. The smallest absolute Gasteiger partial charge is 0.416 e. The Labute approximate surface area is 154 Å². The molecule has 1 aliphatic rings. The first-order chi connectivity index (χ1) is 12.8. The fourth-order valence-corrected chi connectivity index (χ4v) is 2.82. The molecule has 1 aromatic carbocycles. The molecule has 1 fully saturated rings. The van der Waals surface area contributed by atoms with Gasteiger partial charge in [0.05, 0.1) is 5.56 Å². The maximum absolute atomic E-state index is 12.8. The van der Waals surface area contributed by atoms with Crippen LogP contribution in [-0.2, 0) is 22.3 Å². The molecule has 1 aromatic heterocycles. The molecule has 8 heteroatoms. The lowest BCUT2D eigenvalue weighted by molar-refractivity contribution is -0.139.